The van der Waals surface area contributed by atoms with Crippen LogP contribution in [0.25, 0.3) is 6.08 Å². The molecule has 0 aromatic heterocycles. The van der Waals surface area contributed by atoms with Gasteiger partial charge in [0.2, 0.25) is 0 Å². The van der Waals surface area contributed by atoms with Crippen LogP contribution in [0.4, 0.5) is 0 Å². The Morgan fingerprint density at radius 3 is 2.21 bits per heavy atom. The lowest BCUT2D eigenvalue weighted by atomic mass is 10.2. The number of hydrogen-bond donors (Lipinski definition) is 0. The summed E-state index contributed by atoms with van der Waals surface area (Å²) < 4.78 is 0.986. The lowest BCUT2D eigenvalue weighted by Gasteiger charge is -2.33. The number of halogens is 1. The van der Waals surface area contributed by atoms with Crippen molar-refractivity contribution in [3.63, 3.8) is 0 Å². The molecule has 124 valence electrons. The summed E-state index contributed by atoms with van der Waals surface area (Å²) in [6.07, 6.45) is 3.97. The van der Waals surface area contributed by atoms with Gasteiger partial charge in [-0.25, -0.2) is 0 Å². The molecule has 1 aliphatic rings. The van der Waals surface area contributed by atoms with E-state index in [2.05, 4.69) is 79.5 Å². The molecule has 3 nitrogen and oxygen atoms in total. The molecule has 3 rings (SSSR count). The minimum absolute atomic E-state index is 0.967. The van der Waals surface area contributed by atoms with E-state index in [0.29, 0.717) is 0 Å². The predicted molar refractivity (Wildman–Crippen MR) is 105 cm³/mol. The zero-order valence-corrected chi connectivity index (χ0v) is 15.3. The highest BCUT2D eigenvalue weighted by molar-refractivity contribution is 9.12. The zero-order valence-electron chi connectivity index (χ0n) is 13.7. The number of allylic oxidation sites excluding steroid dienone is 1. The standard InChI is InChI=1S/C20H22BrN3/c21-20(15-18-7-3-1-4-8-18)16-22-24-13-11-23(12-14-24)17-19-9-5-2-6-10-19/h1-10,15-16H,11-14,17H2/b20-15-,22-16+. The number of benzene rings is 2. The maximum absolute atomic E-state index is 4.59. The first-order valence-corrected chi connectivity index (χ1v) is 9.06. The van der Waals surface area contributed by atoms with E-state index in [1.54, 1.807) is 0 Å². The van der Waals surface area contributed by atoms with E-state index in [9.17, 15) is 0 Å². The normalized spacial score (nSPS) is 16.7. The summed E-state index contributed by atoms with van der Waals surface area (Å²) in [5, 5.41) is 6.73. The fourth-order valence-electron chi connectivity index (χ4n) is 2.74. The number of rotatable bonds is 5. The van der Waals surface area contributed by atoms with E-state index in [-0.39, 0.29) is 0 Å². The second kappa shape index (κ2) is 8.81. The molecule has 1 fully saturated rings. The SMILES string of the molecule is BrC(=C\c1ccccc1)/C=N/N1CCN(Cc2ccccc2)CC1. The first kappa shape index (κ1) is 16.9. The number of hydrogen-bond acceptors (Lipinski definition) is 3. The van der Waals surface area contributed by atoms with Crippen LogP contribution in [0.3, 0.4) is 0 Å². The van der Waals surface area contributed by atoms with Crippen molar-refractivity contribution in [1.82, 2.24) is 9.91 Å². The van der Waals surface area contributed by atoms with Crippen molar-refractivity contribution in [2.24, 2.45) is 5.10 Å². The third kappa shape index (κ3) is 5.32. The van der Waals surface area contributed by atoms with Crippen molar-refractivity contribution in [2.75, 3.05) is 26.2 Å². The molecule has 0 radical (unpaired) electrons. The maximum atomic E-state index is 4.59. The lowest BCUT2D eigenvalue weighted by Crippen LogP contribution is -2.43. The Hall–Kier alpha value is -1.91. The predicted octanol–water partition coefficient (Wildman–Crippen LogP) is 4.23. The third-order valence-corrected chi connectivity index (χ3v) is 4.48. The number of nitrogens with zero attached hydrogens (tertiary/aromatic N) is 3. The van der Waals surface area contributed by atoms with Crippen molar-refractivity contribution in [2.45, 2.75) is 6.54 Å². The first-order chi connectivity index (χ1) is 11.8. The molecule has 0 aliphatic carbocycles. The van der Waals surface area contributed by atoms with Crippen molar-refractivity contribution in [3.8, 4) is 0 Å². The summed E-state index contributed by atoms with van der Waals surface area (Å²) in [4.78, 5) is 2.48. The Kier molecular flexibility index (Phi) is 6.21. The van der Waals surface area contributed by atoms with Crippen LogP contribution in [0.5, 0.6) is 0 Å². The molecule has 24 heavy (non-hydrogen) atoms. The molecule has 0 saturated carbocycles. The van der Waals surface area contributed by atoms with E-state index in [1.807, 2.05) is 24.4 Å². The van der Waals surface area contributed by atoms with Crippen molar-refractivity contribution < 1.29 is 0 Å². The quantitative estimate of drug-likeness (QED) is 0.719. The maximum Gasteiger partial charge on any atom is 0.0612 e. The van der Waals surface area contributed by atoms with Gasteiger partial charge in [0, 0.05) is 37.2 Å². The minimum Gasteiger partial charge on any atom is -0.295 e. The molecule has 2 aromatic rings. The van der Waals surface area contributed by atoms with Gasteiger partial charge in [-0.3, -0.25) is 9.91 Å². The molecule has 0 bridgehead atoms. The van der Waals surface area contributed by atoms with Gasteiger partial charge >= 0.3 is 0 Å². The summed E-state index contributed by atoms with van der Waals surface area (Å²) in [5.74, 6) is 0. The monoisotopic (exact) mass is 383 g/mol. The molecule has 2 aromatic carbocycles. The molecular formula is C20H22BrN3. The van der Waals surface area contributed by atoms with E-state index >= 15 is 0 Å². The van der Waals surface area contributed by atoms with Gasteiger partial charge in [-0.2, -0.15) is 5.10 Å². The smallest absolute Gasteiger partial charge is 0.0612 e. The van der Waals surface area contributed by atoms with Crippen LogP contribution in [0.1, 0.15) is 11.1 Å². The lowest BCUT2D eigenvalue weighted by molar-refractivity contribution is 0.131. The third-order valence-electron chi connectivity index (χ3n) is 4.05. The van der Waals surface area contributed by atoms with Gasteiger partial charge in [0.25, 0.3) is 0 Å². The van der Waals surface area contributed by atoms with Gasteiger partial charge in [0.05, 0.1) is 6.21 Å². The molecule has 0 N–H and O–H groups in total. The van der Waals surface area contributed by atoms with E-state index in [1.165, 1.54) is 11.1 Å². The molecule has 0 unspecified atom stereocenters. The highest BCUT2D eigenvalue weighted by Gasteiger charge is 2.15. The van der Waals surface area contributed by atoms with Crippen LogP contribution in [-0.2, 0) is 6.54 Å². The first-order valence-electron chi connectivity index (χ1n) is 8.27. The summed E-state index contributed by atoms with van der Waals surface area (Å²) >= 11 is 3.57. The van der Waals surface area contributed by atoms with Gasteiger partial charge in [-0.05, 0) is 33.1 Å². The molecule has 1 saturated heterocycles. The highest BCUT2D eigenvalue weighted by Crippen LogP contribution is 2.12. The van der Waals surface area contributed by atoms with Gasteiger partial charge in [0.1, 0.15) is 0 Å². The average Bonchev–Trinajstić information content (AvgIpc) is 2.63. The molecule has 1 heterocycles. The topological polar surface area (TPSA) is 18.8 Å². The van der Waals surface area contributed by atoms with Crippen molar-refractivity contribution >= 4 is 28.2 Å². The molecule has 0 atom stereocenters. The Morgan fingerprint density at radius 2 is 1.54 bits per heavy atom. The molecule has 0 amide bonds. The van der Waals surface area contributed by atoms with Crippen LogP contribution in [0, 0.1) is 0 Å². The van der Waals surface area contributed by atoms with E-state index < -0.39 is 0 Å². The largest absolute Gasteiger partial charge is 0.295 e. The Bertz CT molecular complexity index is 675. The Morgan fingerprint density at radius 1 is 0.917 bits per heavy atom. The minimum atomic E-state index is 0.967. The summed E-state index contributed by atoms with van der Waals surface area (Å²) in [6, 6.07) is 20.9. The van der Waals surface area contributed by atoms with Gasteiger partial charge < -0.3 is 0 Å². The van der Waals surface area contributed by atoms with Crippen molar-refractivity contribution in [3.05, 3.63) is 76.3 Å². The number of piperazine rings is 1. The Labute approximate surface area is 152 Å². The highest BCUT2D eigenvalue weighted by atomic mass is 79.9. The van der Waals surface area contributed by atoms with Crippen LogP contribution in [0.15, 0.2) is 70.2 Å². The zero-order chi connectivity index (χ0) is 16.6. The summed E-state index contributed by atoms with van der Waals surface area (Å²) in [7, 11) is 0. The van der Waals surface area contributed by atoms with Gasteiger partial charge in [-0.1, -0.05) is 60.7 Å². The molecule has 0 spiro atoms. The van der Waals surface area contributed by atoms with Crippen molar-refractivity contribution in [1.29, 1.82) is 0 Å². The molecule has 4 heteroatoms. The second-order valence-electron chi connectivity index (χ2n) is 5.90. The average molecular weight is 384 g/mol. The van der Waals surface area contributed by atoms with Gasteiger partial charge in [0.15, 0.2) is 0 Å². The van der Waals surface area contributed by atoms with Crippen LogP contribution < -0.4 is 0 Å². The van der Waals surface area contributed by atoms with Crippen LogP contribution in [0.2, 0.25) is 0 Å². The number of hydrazone groups is 1. The summed E-state index contributed by atoms with van der Waals surface area (Å²) in [6.45, 7) is 5.05. The van der Waals surface area contributed by atoms with Gasteiger partial charge in [-0.15, -0.1) is 0 Å². The molecule has 1 aliphatic heterocycles. The fraction of sp³-hybridized carbons (Fsp3) is 0.250. The Balaban J connectivity index is 1.47. The van der Waals surface area contributed by atoms with Crippen LogP contribution >= 0.6 is 15.9 Å². The second-order valence-corrected chi connectivity index (χ2v) is 6.82. The van der Waals surface area contributed by atoms with Crippen LogP contribution in [-0.4, -0.2) is 42.3 Å². The molecular weight excluding hydrogens is 362 g/mol. The summed E-state index contributed by atoms with van der Waals surface area (Å²) in [5.41, 5.74) is 2.55. The fourth-order valence-corrected chi connectivity index (χ4v) is 3.09. The van der Waals surface area contributed by atoms with E-state index in [4.69, 9.17) is 0 Å². The van der Waals surface area contributed by atoms with E-state index in [0.717, 1.165) is 37.2 Å².